The number of rotatable bonds is 5. The van der Waals surface area contributed by atoms with E-state index < -0.39 is 0 Å². The lowest BCUT2D eigenvalue weighted by Crippen LogP contribution is -2.18. The Morgan fingerprint density at radius 1 is 1.12 bits per heavy atom. The summed E-state index contributed by atoms with van der Waals surface area (Å²) in [5, 5.41) is 4.61. The van der Waals surface area contributed by atoms with Gasteiger partial charge in [0, 0.05) is 18.7 Å². The smallest absolute Gasteiger partial charge is 0.238 e. The largest absolute Gasteiger partial charge is 0.479 e. The highest BCUT2D eigenvalue weighted by atomic mass is 19.1. The molecule has 1 aliphatic rings. The van der Waals surface area contributed by atoms with Crippen LogP contribution in [0.4, 0.5) is 4.39 Å². The third kappa shape index (κ3) is 3.79. The second-order valence-electron chi connectivity index (χ2n) is 7.79. The number of hydrogen-bond donors (Lipinski definition) is 0. The summed E-state index contributed by atoms with van der Waals surface area (Å²) in [5.41, 5.74) is 3.13. The zero-order valence-electron chi connectivity index (χ0n) is 17.9. The Hall–Kier alpha value is -3.81. The minimum Gasteiger partial charge on any atom is -0.479 e. The average molecular weight is 430 g/mol. The number of benzene rings is 1. The molecule has 3 aromatic heterocycles. The van der Waals surface area contributed by atoms with Gasteiger partial charge in [0.25, 0.3) is 0 Å². The van der Waals surface area contributed by atoms with Gasteiger partial charge in [-0.2, -0.15) is 5.10 Å². The molecule has 0 saturated carbocycles. The molecular weight excluding hydrogens is 407 g/mol. The Morgan fingerprint density at radius 2 is 2.00 bits per heavy atom. The molecule has 0 radical (unpaired) electrons. The quantitative estimate of drug-likeness (QED) is 0.469. The molecule has 0 N–H and O–H groups in total. The molecule has 0 spiro atoms. The van der Waals surface area contributed by atoms with Crippen molar-refractivity contribution < 1.29 is 9.13 Å². The second-order valence-corrected chi connectivity index (χ2v) is 7.79. The molecule has 7 nitrogen and oxygen atoms in total. The molecule has 162 valence electrons. The molecule has 4 aromatic rings. The minimum atomic E-state index is -0.199. The molecule has 8 heteroatoms. The summed E-state index contributed by atoms with van der Waals surface area (Å²) in [6.45, 7) is 2.72. The number of hydrogen-bond acceptors (Lipinski definition) is 5. The van der Waals surface area contributed by atoms with E-state index in [2.05, 4.69) is 15.1 Å². The first-order valence-corrected chi connectivity index (χ1v) is 10.6. The fourth-order valence-corrected chi connectivity index (χ4v) is 4.09. The third-order valence-corrected chi connectivity index (χ3v) is 5.62. The van der Waals surface area contributed by atoms with E-state index in [1.165, 1.54) is 6.07 Å². The van der Waals surface area contributed by atoms with E-state index in [1.807, 2.05) is 58.8 Å². The second kappa shape index (κ2) is 8.37. The summed E-state index contributed by atoms with van der Waals surface area (Å²) in [4.78, 5) is 13.5. The summed E-state index contributed by atoms with van der Waals surface area (Å²) in [7, 11) is 1.59. The molecule has 0 fully saturated rings. The number of aryl methyl sites for hydroxylation is 2. The molecule has 0 saturated heterocycles. The predicted octanol–water partition coefficient (Wildman–Crippen LogP) is 4.41. The monoisotopic (exact) mass is 430 g/mol. The maximum atomic E-state index is 14.4. The molecule has 4 heterocycles. The number of fused-ring (bicyclic) bond motifs is 1. The SMILES string of the molecule is COc1nc(C=Cc2nc3n(n2)CCCC3c2ccccc2F)ccc1-n1cnc(C)c1. The first-order valence-electron chi connectivity index (χ1n) is 10.6. The van der Waals surface area contributed by atoms with Crippen LogP contribution in [0.3, 0.4) is 0 Å². The highest BCUT2D eigenvalue weighted by molar-refractivity contribution is 5.65. The Labute approximate surface area is 185 Å². The summed E-state index contributed by atoms with van der Waals surface area (Å²) >= 11 is 0. The third-order valence-electron chi connectivity index (χ3n) is 5.62. The molecule has 0 amide bonds. The van der Waals surface area contributed by atoms with Gasteiger partial charge < -0.3 is 9.30 Å². The molecule has 5 rings (SSSR count). The summed E-state index contributed by atoms with van der Waals surface area (Å²) in [5.74, 6) is 1.60. The van der Waals surface area contributed by atoms with E-state index in [0.717, 1.165) is 42.3 Å². The van der Waals surface area contributed by atoms with Gasteiger partial charge >= 0.3 is 0 Å². The average Bonchev–Trinajstić information content (AvgIpc) is 3.43. The van der Waals surface area contributed by atoms with Gasteiger partial charge in [0.2, 0.25) is 5.88 Å². The lowest BCUT2D eigenvalue weighted by molar-refractivity contribution is 0.395. The molecular formula is C24H23FN6O. The van der Waals surface area contributed by atoms with Crippen LogP contribution in [-0.4, -0.2) is 36.4 Å². The lowest BCUT2D eigenvalue weighted by Gasteiger charge is -2.22. The highest BCUT2D eigenvalue weighted by Gasteiger charge is 2.27. The number of pyridine rings is 1. The number of ether oxygens (including phenoxy) is 1. The van der Waals surface area contributed by atoms with Gasteiger partial charge in [0.05, 0.1) is 24.8 Å². The van der Waals surface area contributed by atoms with Crippen molar-refractivity contribution >= 4 is 12.2 Å². The van der Waals surface area contributed by atoms with Crippen LogP contribution in [-0.2, 0) is 6.54 Å². The zero-order valence-corrected chi connectivity index (χ0v) is 17.9. The number of aromatic nitrogens is 6. The van der Waals surface area contributed by atoms with Crippen LogP contribution in [0.5, 0.6) is 5.88 Å². The maximum Gasteiger partial charge on any atom is 0.238 e. The van der Waals surface area contributed by atoms with E-state index in [-0.39, 0.29) is 11.7 Å². The Kier molecular flexibility index (Phi) is 5.26. The van der Waals surface area contributed by atoms with Crippen LogP contribution in [0.2, 0.25) is 0 Å². The van der Waals surface area contributed by atoms with Crippen molar-refractivity contribution in [3.63, 3.8) is 0 Å². The van der Waals surface area contributed by atoms with E-state index >= 15 is 0 Å². The van der Waals surface area contributed by atoms with Gasteiger partial charge in [-0.1, -0.05) is 18.2 Å². The van der Waals surface area contributed by atoms with E-state index in [1.54, 1.807) is 19.5 Å². The van der Waals surface area contributed by atoms with E-state index in [0.29, 0.717) is 17.3 Å². The van der Waals surface area contributed by atoms with Crippen LogP contribution in [0.15, 0.2) is 48.9 Å². The van der Waals surface area contributed by atoms with Gasteiger partial charge in [0.15, 0.2) is 5.82 Å². The van der Waals surface area contributed by atoms with Crippen molar-refractivity contribution in [2.45, 2.75) is 32.2 Å². The molecule has 1 atom stereocenters. The van der Waals surface area contributed by atoms with Gasteiger partial charge in [-0.3, -0.25) is 0 Å². The number of halogens is 1. The van der Waals surface area contributed by atoms with Crippen LogP contribution in [0.1, 0.15) is 47.4 Å². The minimum absolute atomic E-state index is 0.0873. The zero-order chi connectivity index (χ0) is 22.1. The van der Waals surface area contributed by atoms with Crippen LogP contribution < -0.4 is 4.74 Å². The summed E-state index contributed by atoms with van der Waals surface area (Å²) < 4.78 is 23.6. The molecule has 0 aliphatic carbocycles. The summed E-state index contributed by atoms with van der Waals surface area (Å²) in [6, 6.07) is 10.7. The number of nitrogens with zero attached hydrogens (tertiary/aromatic N) is 6. The highest BCUT2D eigenvalue weighted by Crippen LogP contribution is 2.33. The Morgan fingerprint density at radius 3 is 2.78 bits per heavy atom. The molecule has 1 aliphatic heterocycles. The van der Waals surface area contributed by atoms with E-state index in [4.69, 9.17) is 9.72 Å². The molecule has 32 heavy (non-hydrogen) atoms. The maximum absolute atomic E-state index is 14.4. The first-order chi connectivity index (χ1) is 15.6. The first kappa shape index (κ1) is 20.1. The topological polar surface area (TPSA) is 70.7 Å². The number of methoxy groups -OCH3 is 1. The Bertz CT molecular complexity index is 1290. The van der Waals surface area contributed by atoms with Crippen molar-refractivity contribution in [2.24, 2.45) is 0 Å². The van der Waals surface area contributed by atoms with Crippen LogP contribution >= 0.6 is 0 Å². The van der Waals surface area contributed by atoms with E-state index in [9.17, 15) is 4.39 Å². The van der Waals surface area contributed by atoms with Gasteiger partial charge in [0.1, 0.15) is 17.3 Å². The molecule has 0 bridgehead atoms. The van der Waals surface area contributed by atoms with Gasteiger partial charge in [-0.05, 0) is 55.7 Å². The summed E-state index contributed by atoms with van der Waals surface area (Å²) in [6.07, 6.45) is 9.12. The van der Waals surface area contributed by atoms with Crippen LogP contribution in [0, 0.1) is 12.7 Å². The standard InChI is InChI=1S/C24H23FN6O/c1-16-14-30(15-26-16)21-11-9-17(27-24(21)32-2)10-12-22-28-23-19(7-5-13-31(23)29-22)18-6-3-4-8-20(18)25/h3-4,6,8-12,14-15,19H,5,7,13H2,1-2H3. The number of imidazole rings is 1. The van der Waals surface area contributed by atoms with Crippen LogP contribution in [0.25, 0.3) is 17.8 Å². The lowest BCUT2D eigenvalue weighted by atomic mass is 9.91. The van der Waals surface area contributed by atoms with Crippen molar-refractivity contribution in [3.05, 3.63) is 83.3 Å². The van der Waals surface area contributed by atoms with Gasteiger partial charge in [-0.15, -0.1) is 0 Å². The van der Waals surface area contributed by atoms with Crippen molar-refractivity contribution in [1.29, 1.82) is 0 Å². The van der Waals surface area contributed by atoms with Gasteiger partial charge in [-0.25, -0.2) is 24.0 Å². The fourth-order valence-electron chi connectivity index (χ4n) is 4.09. The predicted molar refractivity (Wildman–Crippen MR) is 119 cm³/mol. The molecule has 1 unspecified atom stereocenters. The molecule has 1 aromatic carbocycles. The van der Waals surface area contributed by atoms with Crippen molar-refractivity contribution in [1.82, 2.24) is 29.3 Å². The Balaban J connectivity index is 1.42. The van der Waals surface area contributed by atoms with Crippen molar-refractivity contribution in [3.8, 4) is 11.6 Å². The normalized spacial score (nSPS) is 15.8. The fraction of sp³-hybridized carbons (Fsp3) is 0.250. The van der Waals surface area contributed by atoms with Crippen molar-refractivity contribution in [2.75, 3.05) is 7.11 Å².